The molecule has 0 N–H and O–H groups in total. The topological polar surface area (TPSA) is 63.7 Å². The van der Waals surface area contributed by atoms with Crippen molar-refractivity contribution < 1.29 is 19.1 Å². The molecule has 2 saturated carbocycles. The average Bonchev–Trinajstić information content (AvgIpc) is 3.62. The number of benzene rings is 2. The molecule has 33 heavy (non-hydrogen) atoms. The van der Waals surface area contributed by atoms with Crippen LogP contribution >= 0.6 is 0 Å². The van der Waals surface area contributed by atoms with Crippen molar-refractivity contribution in [2.45, 2.75) is 32.2 Å². The van der Waals surface area contributed by atoms with Crippen LogP contribution < -0.4 is 4.74 Å². The van der Waals surface area contributed by atoms with E-state index in [2.05, 4.69) is 19.1 Å². The maximum absolute atomic E-state index is 13.6. The minimum Gasteiger partial charge on any atom is -0.425 e. The van der Waals surface area contributed by atoms with Gasteiger partial charge in [0.05, 0.1) is 11.8 Å². The van der Waals surface area contributed by atoms with Gasteiger partial charge in [-0.1, -0.05) is 61.5 Å². The summed E-state index contributed by atoms with van der Waals surface area (Å²) < 4.78 is 5.71. The molecule has 2 bridgehead atoms. The molecule has 7 rings (SSSR count). The van der Waals surface area contributed by atoms with E-state index in [0.29, 0.717) is 17.6 Å². The molecular weight excluding hydrogens is 414 g/mol. The molecule has 0 aromatic heterocycles. The summed E-state index contributed by atoms with van der Waals surface area (Å²) in [5.74, 6) is 0.107. The molecule has 7 unspecified atom stereocenters. The lowest BCUT2D eigenvalue weighted by Gasteiger charge is -2.37. The van der Waals surface area contributed by atoms with Gasteiger partial charge in [-0.2, -0.15) is 0 Å². The average molecular weight is 442 g/mol. The number of likely N-dealkylation sites (tertiary alicyclic amines) is 1. The minimum atomic E-state index is -0.973. The van der Waals surface area contributed by atoms with Crippen molar-refractivity contribution in [2.24, 2.45) is 35.5 Å². The van der Waals surface area contributed by atoms with E-state index in [0.717, 1.165) is 24.0 Å². The molecule has 168 valence electrons. The second-order valence-corrected chi connectivity index (χ2v) is 9.83. The molecule has 3 fully saturated rings. The predicted molar refractivity (Wildman–Crippen MR) is 122 cm³/mol. The van der Waals surface area contributed by atoms with E-state index in [4.69, 9.17) is 4.74 Å². The van der Waals surface area contributed by atoms with Crippen LogP contribution in [0.15, 0.2) is 66.7 Å². The standard InChI is InChI=1S/C28H27NO4/c1-2-16-8-10-18(11-9-16)33-28(32)23(14-17-6-4-3-5-7-17)29-26(30)24-19-12-13-20(22-15-21(19)22)25(24)27(29)31/h3-13,19-25H,2,14-15H2,1H3. The Labute approximate surface area is 193 Å². The van der Waals surface area contributed by atoms with Crippen LogP contribution in [0.4, 0.5) is 0 Å². The molecular formula is C28H27NO4. The van der Waals surface area contributed by atoms with Crippen LogP contribution in [0.3, 0.4) is 0 Å². The van der Waals surface area contributed by atoms with E-state index in [1.54, 1.807) is 12.1 Å². The number of ether oxygens (including phenoxy) is 1. The Morgan fingerprint density at radius 1 is 0.909 bits per heavy atom. The van der Waals surface area contributed by atoms with Crippen molar-refractivity contribution in [2.75, 3.05) is 0 Å². The number of amides is 2. The number of carbonyl (C=O) groups excluding carboxylic acids is 3. The van der Waals surface area contributed by atoms with Crippen LogP contribution in [0.2, 0.25) is 0 Å². The summed E-state index contributed by atoms with van der Waals surface area (Å²) in [6, 6.07) is 15.9. The smallest absolute Gasteiger partial charge is 0.335 e. The normalized spacial score (nSPS) is 31.8. The summed E-state index contributed by atoms with van der Waals surface area (Å²) in [6.45, 7) is 2.06. The van der Waals surface area contributed by atoms with Crippen molar-refractivity contribution in [3.05, 3.63) is 77.9 Å². The van der Waals surface area contributed by atoms with Crippen LogP contribution in [0, 0.1) is 35.5 Å². The van der Waals surface area contributed by atoms with Crippen LogP contribution in [0.5, 0.6) is 5.75 Å². The number of allylic oxidation sites excluding steroid dienone is 2. The van der Waals surface area contributed by atoms with Crippen molar-refractivity contribution in [1.29, 1.82) is 0 Å². The van der Waals surface area contributed by atoms with Gasteiger partial charge in [-0.15, -0.1) is 0 Å². The monoisotopic (exact) mass is 441 g/mol. The van der Waals surface area contributed by atoms with Crippen molar-refractivity contribution in [1.82, 2.24) is 4.90 Å². The van der Waals surface area contributed by atoms with E-state index < -0.39 is 12.0 Å². The molecule has 0 radical (unpaired) electrons. The summed E-state index contributed by atoms with van der Waals surface area (Å²) in [4.78, 5) is 42.0. The van der Waals surface area contributed by atoms with Crippen LogP contribution in [-0.2, 0) is 27.2 Å². The number of aryl methyl sites for hydroxylation is 1. The Kier molecular flexibility index (Phi) is 4.75. The summed E-state index contributed by atoms with van der Waals surface area (Å²) in [7, 11) is 0. The Morgan fingerprint density at radius 2 is 1.52 bits per heavy atom. The fourth-order valence-corrected chi connectivity index (χ4v) is 6.38. The molecule has 1 saturated heterocycles. The van der Waals surface area contributed by atoms with Crippen molar-refractivity contribution >= 4 is 17.8 Å². The molecule has 2 aromatic carbocycles. The van der Waals surface area contributed by atoms with Gasteiger partial charge in [0.25, 0.3) is 0 Å². The molecule has 2 aromatic rings. The Bertz CT molecular complexity index is 1100. The van der Waals surface area contributed by atoms with Gasteiger partial charge in [0.2, 0.25) is 11.8 Å². The fourth-order valence-electron chi connectivity index (χ4n) is 6.38. The van der Waals surface area contributed by atoms with E-state index in [1.807, 2.05) is 42.5 Å². The Morgan fingerprint density at radius 3 is 2.09 bits per heavy atom. The summed E-state index contributed by atoms with van der Waals surface area (Å²) >= 11 is 0. The van der Waals surface area contributed by atoms with Gasteiger partial charge < -0.3 is 4.74 Å². The molecule has 5 nitrogen and oxygen atoms in total. The zero-order valence-electron chi connectivity index (χ0n) is 18.6. The number of carbonyl (C=O) groups is 3. The number of imide groups is 1. The largest absolute Gasteiger partial charge is 0.425 e. The van der Waals surface area contributed by atoms with Gasteiger partial charge in [-0.05, 0) is 59.8 Å². The van der Waals surface area contributed by atoms with Crippen LogP contribution in [0.25, 0.3) is 0 Å². The van der Waals surface area contributed by atoms with Gasteiger partial charge in [-0.25, -0.2) is 4.79 Å². The highest BCUT2D eigenvalue weighted by atomic mass is 16.5. The van der Waals surface area contributed by atoms with Gasteiger partial charge in [0.1, 0.15) is 11.8 Å². The highest BCUT2D eigenvalue weighted by Gasteiger charge is 2.68. The van der Waals surface area contributed by atoms with Crippen LogP contribution in [-0.4, -0.2) is 28.7 Å². The lowest BCUT2D eigenvalue weighted by atomic mass is 9.63. The summed E-state index contributed by atoms with van der Waals surface area (Å²) in [6.07, 6.45) is 6.55. The quantitative estimate of drug-likeness (QED) is 0.296. The molecule has 2 amide bonds. The first kappa shape index (κ1) is 20.4. The number of hydrogen-bond acceptors (Lipinski definition) is 4. The van der Waals surface area contributed by atoms with Gasteiger partial charge >= 0.3 is 5.97 Å². The predicted octanol–water partition coefficient (Wildman–Crippen LogP) is 3.82. The zero-order chi connectivity index (χ0) is 22.7. The molecule has 5 aliphatic rings. The highest BCUT2D eigenvalue weighted by Crippen LogP contribution is 2.65. The first-order valence-electron chi connectivity index (χ1n) is 12.0. The molecule has 1 heterocycles. The maximum Gasteiger partial charge on any atom is 0.335 e. The molecule has 7 atom stereocenters. The Balaban J connectivity index is 1.31. The third kappa shape index (κ3) is 3.25. The van der Waals surface area contributed by atoms with E-state index in [-0.39, 0.29) is 41.9 Å². The van der Waals surface area contributed by atoms with E-state index in [1.165, 1.54) is 4.90 Å². The third-order valence-corrected chi connectivity index (χ3v) is 8.10. The zero-order valence-corrected chi connectivity index (χ0v) is 18.6. The van der Waals surface area contributed by atoms with Gasteiger partial charge in [0, 0.05) is 6.42 Å². The highest BCUT2D eigenvalue weighted by molar-refractivity contribution is 6.09. The number of esters is 1. The second-order valence-electron chi connectivity index (χ2n) is 9.83. The lowest BCUT2D eigenvalue weighted by molar-refractivity contribution is -0.153. The van der Waals surface area contributed by atoms with Crippen molar-refractivity contribution in [3.63, 3.8) is 0 Å². The summed E-state index contributed by atoms with van der Waals surface area (Å²) in [5.41, 5.74) is 2.03. The summed E-state index contributed by atoms with van der Waals surface area (Å²) in [5, 5.41) is 0. The number of nitrogens with zero attached hydrogens (tertiary/aromatic N) is 1. The second kappa shape index (κ2) is 7.68. The molecule has 0 spiro atoms. The lowest BCUT2D eigenvalue weighted by Crippen LogP contribution is -2.48. The van der Waals surface area contributed by atoms with Crippen LogP contribution in [0.1, 0.15) is 24.5 Å². The molecule has 4 aliphatic carbocycles. The van der Waals surface area contributed by atoms with E-state index in [9.17, 15) is 14.4 Å². The SMILES string of the molecule is CCc1ccc(OC(=O)C(Cc2ccccc2)N2C(=O)C3C4C=CC(C5CC45)C3C2=O)cc1. The minimum absolute atomic E-state index is 0.126. The van der Waals surface area contributed by atoms with Gasteiger partial charge in [0.15, 0.2) is 0 Å². The van der Waals surface area contributed by atoms with E-state index >= 15 is 0 Å². The third-order valence-electron chi connectivity index (χ3n) is 8.10. The Hall–Kier alpha value is -3.21. The van der Waals surface area contributed by atoms with Gasteiger partial charge in [-0.3, -0.25) is 14.5 Å². The first-order chi connectivity index (χ1) is 16.1. The number of hydrogen-bond donors (Lipinski definition) is 0. The van der Waals surface area contributed by atoms with Crippen molar-refractivity contribution in [3.8, 4) is 5.75 Å². The number of rotatable bonds is 6. The molecule has 1 aliphatic heterocycles. The first-order valence-corrected chi connectivity index (χ1v) is 12.0. The fraction of sp³-hybridized carbons (Fsp3) is 0.393. The maximum atomic E-state index is 13.6. The molecule has 5 heteroatoms.